The lowest BCUT2D eigenvalue weighted by molar-refractivity contribution is -0.671. The third kappa shape index (κ3) is 4.23. The lowest BCUT2D eigenvalue weighted by Gasteiger charge is -2.16. The Hall–Kier alpha value is -2.80. The highest BCUT2D eigenvalue weighted by atomic mass is 32.1. The summed E-state index contributed by atoms with van der Waals surface area (Å²) in [6.07, 6.45) is 7.08. The summed E-state index contributed by atoms with van der Waals surface area (Å²) in [4.78, 5) is 4.43. The predicted molar refractivity (Wildman–Crippen MR) is 105 cm³/mol. The van der Waals surface area contributed by atoms with Gasteiger partial charge in [-0.25, -0.2) is 8.97 Å². The Balaban J connectivity index is 1.54. The van der Waals surface area contributed by atoms with E-state index >= 15 is 0 Å². The topological polar surface area (TPSA) is 51.1 Å². The zero-order valence-corrected chi connectivity index (χ0v) is 15.7. The average Bonchev–Trinajstić information content (AvgIpc) is 3.08. The van der Waals surface area contributed by atoms with Crippen molar-refractivity contribution in [3.63, 3.8) is 0 Å². The molecule has 1 N–H and O–H groups in total. The first-order chi connectivity index (χ1) is 12.7. The van der Waals surface area contributed by atoms with Crippen LogP contribution in [-0.2, 0) is 19.2 Å². The standard InChI is InChI=1S/C19H22N4O2S/c1-24-16-8-7-15(14-17(16)25-2)21-19(26)20-9-5-11-23-13-12-22-10-4-3-6-18(22)23/h3-4,6-8,10,12-14H,5,9,11H2,1-2H3,(H-,20,21,26). The van der Waals surface area contributed by atoms with Gasteiger partial charge in [0.25, 0.3) is 5.65 Å². The van der Waals surface area contributed by atoms with Gasteiger partial charge in [0.15, 0.2) is 11.5 Å². The van der Waals surface area contributed by atoms with E-state index in [0.717, 1.165) is 18.7 Å². The van der Waals surface area contributed by atoms with Crippen molar-refractivity contribution >= 4 is 29.1 Å². The first-order valence-corrected chi connectivity index (χ1v) is 8.78. The summed E-state index contributed by atoms with van der Waals surface area (Å²) < 4.78 is 14.8. The molecular weight excluding hydrogens is 348 g/mol. The number of hydrogen-bond acceptors (Lipinski definition) is 4. The van der Waals surface area contributed by atoms with Gasteiger partial charge in [-0.3, -0.25) is 4.99 Å². The molecule has 0 amide bonds. The van der Waals surface area contributed by atoms with E-state index in [1.165, 1.54) is 5.65 Å². The normalized spacial score (nSPS) is 11.5. The number of hydrogen-bond donors (Lipinski definition) is 1. The van der Waals surface area contributed by atoms with Crippen LogP contribution in [0.1, 0.15) is 6.42 Å². The van der Waals surface area contributed by atoms with Gasteiger partial charge in [-0.1, -0.05) is 6.07 Å². The van der Waals surface area contributed by atoms with Crippen molar-refractivity contribution in [2.45, 2.75) is 13.0 Å². The van der Waals surface area contributed by atoms with Gasteiger partial charge in [-0.2, -0.15) is 0 Å². The smallest absolute Gasteiger partial charge is 0.286 e. The van der Waals surface area contributed by atoms with E-state index in [-0.39, 0.29) is 0 Å². The van der Waals surface area contributed by atoms with Crippen LogP contribution in [0.4, 0.5) is 5.69 Å². The van der Waals surface area contributed by atoms with E-state index < -0.39 is 0 Å². The zero-order chi connectivity index (χ0) is 18.4. The van der Waals surface area contributed by atoms with Gasteiger partial charge < -0.3 is 27.4 Å². The number of anilines is 1. The highest BCUT2D eigenvalue weighted by Gasteiger charge is 2.07. The molecule has 26 heavy (non-hydrogen) atoms. The Morgan fingerprint density at radius 3 is 2.81 bits per heavy atom. The second-order valence-corrected chi connectivity index (χ2v) is 6.08. The Bertz CT molecular complexity index is 907. The molecule has 0 bridgehead atoms. The number of nitrogens with zero attached hydrogens (tertiary/aromatic N) is 3. The van der Waals surface area contributed by atoms with Crippen LogP contribution < -0.4 is 19.4 Å². The maximum atomic E-state index is 5.31. The number of aryl methyl sites for hydroxylation is 1. The number of fused-ring (bicyclic) bond motifs is 1. The molecule has 0 saturated carbocycles. The van der Waals surface area contributed by atoms with Crippen molar-refractivity contribution in [3.05, 3.63) is 55.0 Å². The number of rotatable bonds is 7. The molecule has 0 aliphatic heterocycles. The molecule has 3 rings (SSSR count). The van der Waals surface area contributed by atoms with Crippen LogP contribution in [-0.4, -0.2) is 30.3 Å². The highest BCUT2D eigenvalue weighted by Crippen LogP contribution is 2.29. The van der Waals surface area contributed by atoms with E-state index in [1.54, 1.807) is 14.2 Å². The van der Waals surface area contributed by atoms with Gasteiger partial charge >= 0.3 is 0 Å². The third-order valence-electron chi connectivity index (χ3n) is 4.02. The van der Waals surface area contributed by atoms with Crippen molar-refractivity contribution in [1.82, 2.24) is 4.40 Å². The molecule has 0 saturated heterocycles. The molecule has 2 aromatic heterocycles. The SMILES string of the molecule is COc1ccc(NC([S-])=NCCC[n+]2ccn3ccccc32)cc1OC. The number of ether oxygens (including phenoxy) is 2. The van der Waals surface area contributed by atoms with Crippen LogP contribution in [0.5, 0.6) is 11.5 Å². The van der Waals surface area contributed by atoms with Crippen molar-refractivity contribution in [2.75, 3.05) is 26.1 Å². The van der Waals surface area contributed by atoms with Gasteiger partial charge in [-0.15, -0.1) is 0 Å². The van der Waals surface area contributed by atoms with E-state index in [1.807, 2.05) is 36.5 Å². The number of aromatic nitrogens is 2. The molecule has 0 radical (unpaired) electrons. The lowest BCUT2D eigenvalue weighted by Crippen LogP contribution is -2.32. The first-order valence-electron chi connectivity index (χ1n) is 8.37. The second kappa shape index (κ2) is 8.53. The number of aliphatic imine (C=N–C) groups is 1. The van der Waals surface area contributed by atoms with Gasteiger partial charge in [0.1, 0.15) is 12.4 Å². The van der Waals surface area contributed by atoms with Crippen LogP contribution in [0.15, 0.2) is 60.0 Å². The van der Waals surface area contributed by atoms with E-state index in [0.29, 0.717) is 23.2 Å². The van der Waals surface area contributed by atoms with Crippen LogP contribution >= 0.6 is 0 Å². The Labute approximate surface area is 158 Å². The molecular formula is C19H22N4O2S. The monoisotopic (exact) mass is 370 g/mol. The van der Waals surface area contributed by atoms with Crippen LogP contribution in [0.3, 0.4) is 0 Å². The van der Waals surface area contributed by atoms with Gasteiger partial charge in [0.2, 0.25) is 0 Å². The van der Waals surface area contributed by atoms with Gasteiger partial charge in [-0.05, 0) is 23.4 Å². The van der Waals surface area contributed by atoms with Crippen LogP contribution in [0, 0.1) is 0 Å². The second-order valence-electron chi connectivity index (χ2n) is 5.69. The van der Waals surface area contributed by atoms with E-state index in [2.05, 4.69) is 37.7 Å². The summed E-state index contributed by atoms with van der Waals surface area (Å²) in [5.41, 5.74) is 1.99. The summed E-state index contributed by atoms with van der Waals surface area (Å²) in [6.45, 7) is 1.55. The minimum absolute atomic E-state index is 0.462. The summed E-state index contributed by atoms with van der Waals surface area (Å²) in [7, 11) is 3.21. The number of benzene rings is 1. The van der Waals surface area contributed by atoms with Crippen LogP contribution in [0.25, 0.3) is 5.65 Å². The van der Waals surface area contributed by atoms with Crippen LogP contribution in [0.2, 0.25) is 0 Å². The fourth-order valence-electron chi connectivity index (χ4n) is 2.73. The maximum absolute atomic E-state index is 5.31. The molecule has 0 unspecified atom stereocenters. The molecule has 1 aromatic carbocycles. The molecule has 136 valence electrons. The van der Waals surface area contributed by atoms with Gasteiger partial charge in [0.05, 0.1) is 27.0 Å². The Morgan fingerprint density at radius 2 is 2.00 bits per heavy atom. The third-order valence-corrected chi connectivity index (χ3v) is 4.25. The predicted octanol–water partition coefficient (Wildman–Crippen LogP) is 2.65. The number of amidine groups is 1. The molecule has 2 heterocycles. The molecule has 6 nitrogen and oxygen atoms in total. The van der Waals surface area contributed by atoms with Crippen molar-refractivity contribution < 1.29 is 14.0 Å². The van der Waals surface area contributed by atoms with Gasteiger partial charge in [0, 0.05) is 30.8 Å². The number of imidazole rings is 1. The number of nitrogens with one attached hydrogen (secondary N) is 1. The number of methoxy groups -OCH3 is 2. The molecule has 0 spiro atoms. The van der Waals surface area contributed by atoms with Crippen molar-refractivity contribution in [2.24, 2.45) is 4.99 Å². The average molecular weight is 370 g/mol. The first kappa shape index (κ1) is 18.0. The largest absolute Gasteiger partial charge is 0.743 e. The Kier molecular flexibility index (Phi) is 5.91. The molecule has 0 aliphatic rings. The fourth-order valence-corrected chi connectivity index (χ4v) is 2.94. The molecule has 7 heteroatoms. The molecule has 0 atom stereocenters. The zero-order valence-electron chi connectivity index (χ0n) is 14.9. The van der Waals surface area contributed by atoms with E-state index in [9.17, 15) is 0 Å². The number of pyridine rings is 1. The summed E-state index contributed by atoms with van der Waals surface area (Å²) in [5, 5.41) is 3.57. The molecule has 0 fully saturated rings. The quantitative estimate of drug-likeness (QED) is 0.228. The van der Waals surface area contributed by atoms with Crippen molar-refractivity contribution in [3.8, 4) is 11.5 Å². The maximum Gasteiger partial charge on any atom is 0.286 e. The van der Waals surface area contributed by atoms with Crippen molar-refractivity contribution in [1.29, 1.82) is 0 Å². The molecule has 0 aliphatic carbocycles. The summed E-state index contributed by atoms with van der Waals surface area (Å²) >= 11 is 5.31. The Morgan fingerprint density at radius 1 is 1.15 bits per heavy atom. The molecule has 3 aromatic rings. The summed E-state index contributed by atoms with van der Waals surface area (Å²) in [6, 6.07) is 11.7. The minimum Gasteiger partial charge on any atom is -0.743 e. The lowest BCUT2D eigenvalue weighted by atomic mass is 10.3. The fraction of sp³-hybridized carbons (Fsp3) is 0.263. The van der Waals surface area contributed by atoms with E-state index in [4.69, 9.17) is 22.1 Å². The summed E-state index contributed by atoms with van der Waals surface area (Å²) in [5.74, 6) is 1.33. The highest BCUT2D eigenvalue weighted by molar-refractivity contribution is 7.77. The minimum atomic E-state index is 0.462.